The van der Waals surface area contributed by atoms with Crippen LogP contribution in [0.1, 0.15) is 60.3 Å². The fourth-order valence-corrected chi connectivity index (χ4v) is 3.57. The summed E-state index contributed by atoms with van der Waals surface area (Å²) in [4.78, 5) is 2.68. The van der Waals surface area contributed by atoms with Crippen molar-refractivity contribution < 1.29 is 4.74 Å². The zero-order valence-corrected chi connectivity index (χ0v) is 15.2. The lowest BCUT2D eigenvalue weighted by atomic mass is 9.72. The van der Waals surface area contributed by atoms with E-state index in [0.29, 0.717) is 23.4 Å². The smallest absolute Gasteiger partial charge is 0.0589 e. The predicted molar refractivity (Wildman–Crippen MR) is 91.8 cm³/mol. The zero-order chi connectivity index (χ0) is 15.9. The summed E-state index contributed by atoms with van der Waals surface area (Å²) in [7, 11) is 1.81. The SMILES string of the molecule is CCCNC1CCC(C)(C)CC1N(CCOC)CC(C)C. The van der Waals surface area contributed by atoms with Crippen LogP contribution in [0.2, 0.25) is 0 Å². The maximum absolute atomic E-state index is 5.35. The average molecular weight is 299 g/mol. The average Bonchev–Trinajstić information content (AvgIpc) is 2.41. The molecule has 0 saturated heterocycles. The van der Waals surface area contributed by atoms with Crippen LogP contribution in [0.15, 0.2) is 0 Å². The third-order valence-corrected chi connectivity index (χ3v) is 4.67. The first kappa shape index (κ1) is 18.9. The van der Waals surface area contributed by atoms with Crippen LogP contribution in [-0.2, 0) is 4.74 Å². The molecule has 0 aromatic heterocycles. The van der Waals surface area contributed by atoms with Gasteiger partial charge < -0.3 is 10.1 Å². The molecular weight excluding hydrogens is 260 g/mol. The Kier molecular flexibility index (Phi) is 8.22. The predicted octanol–water partition coefficient (Wildman–Crippen LogP) is 3.54. The molecule has 1 rings (SSSR count). The summed E-state index contributed by atoms with van der Waals surface area (Å²) in [6, 6.07) is 1.30. The fourth-order valence-electron chi connectivity index (χ4n) is 3.57. The van der Waals surface area contributed by atoms with E-state index in [2.05, 4.69) is 44.8 Å². The third-order valence-electron chi connectivity index (χ3n) is 4.67. The highest BCUT2D eigenvalue weighted by Gasteiger charge is 2.37. The van der Waals surface area contributed by atoms with Gasteiger partial charge in [0, 0.05) is 32.3 Å². The Labute approximate surface area is 132 Å². The molecule has 126 valence electrons. The molecule has 3 heteroatoms. The van der Waals surface area contributed by atoms with Crippen molar-refractivity contribution in [1.82, 2.24) is 10.2 Å². The van der Waals surface area contributed by atoms with Crippen LogP contribution in [0.25, 0.3) is 0 Å². The minimum atomic E-state index is 0.470. The molecule has 2 atom stereocenters. The molecule has 3 nitrogen and oxygen atoms in total. The number of methoxy groups -OCH3 is 1. The molecule has 0 spiro atoms. The number of rotatable bonds is 9. The molecule has 1 aliphatic rings. The second-order valence-electron chi connectivity index (χ2n) is 7.92. The van der Waals surface area contributed by atoms with Gasteiger partial charge in [0.2, 0.25) is 0 Å². The van der Waals surface area contributed by atoms with Crippen LogP contribution >= 0.6 is 0 Å². The van der Waals surface area contributed by atoms with E-state index in [1.54, 1.807) is 0 Å². The molecule has 2 unspecified atom stereocenters. The van der Waals surface area contributed by atoms with Crippen LogP contribution in [0.4, 0.5) is 0 Å². The number of ether oxygens (including phenoxy) is 1. The number of nitrogens with zero attached hydrogens (tertiary/aromatic N) is 1. The van der Waals surface area contributed by atoms with E-state index >= 15 is 0 Å². The topological polar surface area (TPSA) is 24.5 Å². The number of hydrogen-bond donors (Lipinski definition) is 1. The Bertz CT molecular complexity index is 278. The van der Waals surface area contributed by atoms with Gasteiger partial charge in [-0.25, -0.2) is 0 Å². The van der Waals surface area contributed by atoms with E-state index in [1.807, 2.05) is 7.11 Å². The maximum atomic E-state index is 5.35. The molecule has 1 N–H and O–H groups in total. The zero-order valence-electron chi connectivity index (χ0n) is 15.2. The quantitative estimate of drug-likeness (QED) is 0.704. The lowest BCUT2D eigenvalue weighted by Gasteiger charge is -2.47. The summed E-state index contributed by atoms with van der Waals surface area (Å²) in [6.07, 6.45) is 5.16. The second-order valence-corrected chi connectivity index (χ2v) is 7.92. The Morgan fingerprint density at radius 2 is 2.05 bits per heavy atom. The van der Waals surface area contributed by atoms with E-state index in [-0.39, 0.29) is 0 Å². The highest BCUT2D eigenvalue weighted by atomic mass is 16.5. The van der Waals surface area contributed by atoms with Gasteiger partial charge in [0.1, 0.15) is 0 Å². The maximum Gasteiger partial charge on any atom is 0.0589 e. The van der Waals surface area contributed by atoms with E-state index in [4.69, 9.17) is 4.74 Å². The Balaban J connectivity index is 2.78. The molecule has 1 fully saturated rings. The van der Waals surface area contributed by atoms with Crippen LogP contribution < -0.4 is 5.32 Å². The van der Waals surface area contributed by atoms with Crippen molar-refractivity contribution in [3.05, 3.63) is 0 Å². The highest BCUT2D eigenvalue weighted by molar-refractivity contribution is 4.94. The van der Waals surface area contributed by atoms with Gasteiger partial charge in [-0.05, 0) is 43.6 Å². The second kappa shape index (κ2) is 9.12. The molecule has 0 bridgehead atoms. The molecule has 0 amide bonds. The van der Waals surface area contributed by atoms with Crippen LogP contribution in [0.5, 0.6) is 0 Å². The number of nitrogens with one attached hydrogen (secondary N) is 1. The first-order chi connectivity index (χ1) is 9.89. The van der Waals surface area contributed by atoms with Crippen molar-refractivity contribution in [3.63, 3.8) is 0 Å². The van der Waals surface area contributed by atoms with Gasteiger partial charge in [-0.3, -0.25) is 4.90 Å². The van der Waals surface area contributed by atoms with E-state index in [0.717, 1.165) is 19.7 Å². The summed E-state index contributed by atoms with van der Waals surface area (Å²) in [6.45, 7) is 16.0. The first-order valence-electron chi connectivity index (χ1n) is 8.86. The van der Waals surface area contributed by atoms with Gasteiger partial charge in [0.15, 0.2) is 0 Å². The van der Waals surface area contributed by atoms with Crippen molar-refractivity contribution in [1.29, 1.82) is 0 Å². The largest absolute Gasteiger partial charge is 0.383 e. The molecule has 0 aliphatic heterocycles. The molecule has 0 aromatic rings. The Morgan fingerprint density at radius 1 is 1.33 bits per heavy atom. The normalized spacial score (nSPS) is 25.7. The summed E-state index contributed by atoms with van der Waals surface area (Å²) in [5.41, 5.74) is 0.470. The van der Waals surface area contributed by atoms with Crippen molar-refractivity contribution in [3.8, 4) is 0 Å². The summed E-state index contributed by atoms with van der Waals surface area (Å²) in [5.74, 6) is 0.707. The molecule has 1 aliphatic carbocycles. The van der Waals surface area contributed by atoms with Gasteiger partial charge in [-0.1, -0.05) is 34.6 Å². The lowest BCUT2D eigenvalue weighted by molar-refractivity contribution is 0.0389. The fraction of sp³-hybridized carbons (Fsp3) is 1.00. The van der Waals surface area contributed by atoms with Crippen molar-refractivity contribution in [2.45, 2.75) is 72.4 Å². The molecule has 21 heavy (non-hydrogen) atoms. The molecule has 1 saturated carbocycles. The standard InChI is InChI=1S/C18H38N2O/c1-7-10-19-16-8-9-18(4,5)13-17(16)20(11-12-21-6)14-15(2)3/h15-17,19H,7-14H2,1-6H3. The molecular formula is C18H38N2O. The Hall–Kier alpha value is -0.120. The van der Waals surface area contributed by atoms with E-state index < -0.39 is 0 Å². The van der Waals surface area contributed by atoms with Crippen molar-refractivity contribution >= 4 is 0 Å². The number of hydrogen-bond acceptors (Lipinski definition) is 3. The van der Waals surface area contributed by atoms with Gasteiger partial charge in [0.25, 0.3) is 0 Å². The van der Waals surface area contributed by atoms with E-state index in [1.165, 1.54) is 32.2 Å². The van der Waals surface area contributed by atoms with Gasteiger partial charge in [0.05, 0.1) is 6.61 Å². The summed E-state index contributed by atoms with van der Waals surface area (Å²) in [5, 5.41) is 3.81. The van der Waals surface area contributed by atoms with Gasteiger partial charge in [-0.2, -0.15) is 0 Å². The van der Waals surface area contributed by atoms with Crippen molar-refractivity contribution in [2.24, 2.45) is 11.3 Å². The van der Waals surface area contributed by atoms with Crippen LogP contribution in [0.3, 0.4) is 0 Å². The highest BCUT2D eigenvalue weighted by Crippen LogP contribution is 2.37. The molecule has 0 radical (unpaired) electrons. The molecule has 0 heterocycles. The summed E-state index contributed by atoms with van der Waals surface area (Å²) >= 11 is 0. The minimum Gasteiger partial charge on any atom is -0.383 e. The summed E-state index contributed by atoms with van der Waals surface area (Å²) < 4.78 is 5.35. The van der Waals surface area contributed by atoms with Gasteiger partial charge in [-0.15, -0.1) is 0 Å². The van der Waals surface area contributed by atoms with Gasteiger partial charge >= 0.3 is 0 Å². The lowest BCUT2D eigenvalue weighted by Crippen LogP contribution is -2.56. The van der Waals surface area contributed by atoms with E-state index in [9.17, 15) is 0 Å². The van der Waals surface area contributed by atoms with Crippen molar-refractivity contribution in [2.75, 3.05) is 33.4 Å². The van der Waals surface area contributed by atoms with Crippen LogP contribution in [0, 0.1) is 11.3 Å². The molecule has 0 aromatic carbocycles. The minimum absolute atomic E-state index is 0.470. The third kappa shape index (κ3) is 6.66. The monoisotopic (exact) mass is 298 g/mol. The Morgan fingerprint density at radius 3 is 2.62 bits per heavy atom. The first-order valence-corrected chi connectivity index (χ1v) is 8.86. The van der Waals surface area contributed by atoms with Crippen LogP contribution in [-0.4, -0.2) is 50.3 Å².